The fraction of sp³-hybridized carbons (Fsp3) is 0.407. The molecule has 1 saturated heterocycles. The molecule has 3 aromatic heterocycles. The summed E-state index contributed by atoms with van der Waals surface area (Å²) in [5.41, 5.74) is 5.33. The van der Waals surface area contributed by atoms with Gasteiger partial charge in [0.2, 0.25) is 0 Å². The Morgan fingerprint density at radius 1 is 1.08 bits per heavy atom. The summed E-state index contributed by atoms with van der Waals surface area (Å²) in [5.74, 6) is 1.72. The van der Waals surface area contributed by atoms with E-state index in [1.54, 1.807) is 7.05 Å². The molecule has 0 radical (unpaired) electrons. The number of nitrogens with zero attached hydrogens (tertiary/aromatic N) is 6. The molecule has 2 aliphatic rings. The minimum atomic E-state index is -0.169. The van der Waals surface area contributed by atoms with E-state index in [-0.39, 0.29) is 11.8 Å². The van der Waals surface area contributed by atoms with E-state index in [2.05, 4.69) is 35.3 Å². The zero-order valence-electron chi connectivity index (χ0n) is 20.8. The van der Waals surface area contributed by atoms with E-state index in [0.29, 0.717) is 24.7 Å². The highest BCUT2D eigenvalue weighted by Gasteiger charge is 2.31. The van der Waals surface area contributed by atoms with Gasteiger partial charge in [-0.25, -0.2) is 9.67 Å². The van der Waals surface area contributed by atoms with Crippen molar-refractivity contribution >= 4 is 17.4 Å². The lowest BCUT2D eigenvalue weighted by atomic mass is 9.97. The van der Waals surface area contributed by atoms with Gasteiger partial charge in [0, 0.05) is 43.5 Å². The highest BCUT2D eigenvalue weighted by molar-refractivity contribution is 5.95. The van der Waals surface area contributed by atoms with Crippen LogP contribution in [0.4, 0.5) is 5.82 Å². The van der Waals surface area contributed by atoms with Crippen LogP contribution in [0.3, 0.4) is 0 Å². The Morgan fingerprint density at radius 2 is 1.89 bits per heavy atom. The van der Waals surface area contributed by atoms with Crippen LogP contribution in [0.5, 0.6) is 0 Å². The third kappa shape index (κ3) is 4.03. The number of hydrogen-bond acceptors (Lipinski definition) is 6. The maximum atomic E-state index is 12.9. The van der Waals surface area contributed by atoms with E-state index in [1.807, 2.05) is 33.6 Å². The van der Waals surface area contributed by atoms with Crippen molar-refractivity contribution in [1.29, 1.82) is 0 Å². The number of fused-ring (bicyclic) bond motifs is 1. The Hall–Kier alpha value is -3.72. The lowest BCUT2D eigenvalue weighted by molar-refractivity contribution is 0.0956. The van der Waals surface area contributed by atoms with E-state index in [0.717, 1.165) is 67.1 Å². The highest BCUT2D eigenvalue weighted by atomic mass is 16.5. The molecule has 1 saturated carbocycles. The number of amides is 1. The molecule has 1 aromatic carbocycles. The molecular formula is C27H31N7O2. The number of rotatable bonds is 5. The summed E-state index contributed by atoms with van der Waals surface area (Å²) in [6, 6.07) is 12.4. The molecule has 36 heavy (non-hydrogen) atoms. The maximum Gasteiger partial charge on any atom is 0.271 e. The van der Waals surface area contributed by atoms with Gasteiger partial charge in [-0.2, -0.15) is 14.7 Å². The van der Waals surface area contributed by atoms with E-state index < -0.39 is 0 Å². The van der Waals surface area contributed by atoms with Crippen LogP contribution in [-0.4, -0.2) is 63.6 Å². The lowest BCUT2D eigenvalue weighted by Crippen LogP contribution is -2.37. The fourth-order valence-corrected chi connectivity index (χ4v) is 5.43. The van der Waals surface area contributed by atoms with Gasteiger partial charge in [0.25, 0.3) is 5.91 Å². The fourth-order valence-electron chi connectivity index (χ4n) is 5.43. The second-order valence-electron chi connectivity index (χ2n) is 9.65. The van der Waals surface area contributed by atoms with Crippen LogP contribution in [-0.2, 0) is 4.74 Å². The van der Waals surface area contributed by atoms with Crippen molar-refractivity contribution in [2.24, 2.45) is 0 Å². The number of nitrogens with one attached hydrogen (secondary N) is 1. The number of hydrogen-bond donors (Lipinski definition) is 1. The number of carbonyl (C=O) groups is 1. The zero-order chi connectivity index (χ0) is 24.6. The number of morpholine rings is 1. The number of anilines is 1. The molecule has 9 heteroatoms. The predicted octanol–water partition coefficient (Wildman–Crippen LogP) is 3.74. The highest BCUT2D eigenvalue weighted by Crippen LogP contribution is 2.39. The van der Waals surface area contributed by atoms with Crippen molar-refractivity contribution in [3.8, 4) is 17.1 Å². The molecule has 0 bridgehead atoms. The van der Waals surface area contributed by atoms with Crippen molar-refractivity contribution < 1.29 is 9.53 Å². The van der Waals surface area contributed by atoms with Gasteiger partial charge in [-0.15, -0.1) is 0 Å². The molecule has 9 nitrogen and oxygen atoms in total. The van der Waals surface area contributed by atoms with Gasteiger partial charge < -0.3 is 15.0 Å². The van der Waals surface area contributed by atoms with Crippen LogP contribution in [0.25, 0.3) is 22.7 Å². The van der Waals surface area contributed by atoms with Crippen LogP contribution in [0, 0.1) is 6.92 Å². The number of ether oxygens (including phenoxy) is 1. The van der Waals surface area contributed by atoms with Crippen molar-refractivity contribution in [3.63, 3.8) is 0 Å². The summed E-state index contributed by atoms with van der Waals surface area (Å²) in [7, 11) is 1.66. The smallest absolute Gasteiger partial charge is 0.271 e. The SMILES string of the molecule is CNC(=O)c1nn2c(N3CCOCC3)cc(-n3ccc(-c4cccc(C)c4)n3)nc2c1C1CCCC1. The first-order chi connectivity index (χ1) is 17.6. The minimum absolute atomic E-state index is 0.169. The van der Waals surface area contributed by atoms with Gasteiger partial charge in [0.15, 0.2) is 17.2 Å². The Morgan fingerprint density at radius 3 is 2.64 bits per heavy atom. The third-order valence-corrected chi connectivity index (χ3v) is 7.27. The number of aryl methyl sites for hydroxylation is 1. The summed E-state index contributed by atoms with van der Waals surface area (Å²) >= 11 is 0. The topological polar surface area (TPSA) is 89.6 Å². The van der Waals surface area contributed by atoms with Crippen LogP contribution < -0.4 is 10.2 Å². The Labute approximate surface area is 210 Å². The number of benzene rings is 1. The van der Waals surface area contributed by atoms with Gasteiger partial charge in [0.1, 0.15) is 5.82 Å². The Bertz CT molecular complexity index is 1410. The Kier molecular flexibility index (Phi) is 5.92. The standard InChI is InChI=1S/C27H31N7O2/c1-18-6-5-9-20(16-18)21-10-11-33(30-21)22-17-23(32-12-14-36-15-13-32)34-26(29-22)24(19-7-3-4-8-19)25(31-34)27(35)28-2/h5-6,9-11,16-17,19H,3-4,7-8,12-15H2,1-2H3,(H,28,35). The monoisotopic (exact) mass is 485 g/mol. The number of carbonyl (C=O) groups excluding carboxylic acids is 1. The quantitative estimate of drug-likeness (QED) is 0.463. The van der Waals surface area contributed by atoms with Crippen LogP contribution in [0.15, 0.2) is 42.6 Å². The molecule has 1 aliphatic heterocycles. The normalized spacial score (nSPS) is 16.7. The van der Waals surface area contributed by atoms with Crippen molar-refractivity contribution in [1.82, 2.24) is 29.7 Å². The van der Waals surface area contributed by atoms with Crippen LogP contribution in [0.2, 0.25) is 0 Å². The van der Waals surface area contributed by atoms with E-state index >= 15 is 0 Å². The van der Waals surface area contributed by atoms with Gasteiger partial charge in [-0.05, 0) is 37.8 Å². The summed E-state index contributed by atoms with van der Waals surface area (Å²) in [6.07, 6.45) is 6.35. The van der Waals surface area contributed by atoms with E-state index in [1.165, 1.54) is 5.56 Å². The molecule has 1 N–H and O–H groups in total. The van der Waals surface area contributed by atoms with Crippen LogP contribution >= 0.6 is 0 Å². The summed E-state index contributed by atoms with van der Waals surface area (Å²) in [5, 5.41) is 12.5. The summed E-state index contributed by atoms with van der Waals surface area (Å²) < 4.78 is 9.29. The zero-order valence-corrected chi connectivity index (χ0v) is 20.8. The van der Waals surface area contributed by atoms with E-state index in [4.69, 9.17) is 19.9 Å². The van der Waals surface area contributed by atoms with Gasteiger partial charge >= 0.3 is 0 Å². The molecule has 1 amide bonds. The first-order valence-electron chi connectivity index (χ1n) is 12.7. The van der Waals surface area contributed by atoms with Crippen LogP contribution in [0.1, 0.15) is 53.2 Å². The first kappa shape index (κ1) is 22.7. The minimum Gasteiger partial charge on any atom is -0.378 e. The molecule has 0 unspecified atom stereocenters. The van der Waals surface area contributed by atoms with Gasteiger partial charge in [0.05, 0.1) is 18.9 Å². The molecule has 0 spiro atoms. The number of aromatic nitrogens is 5. The predicted molar refractivity (Wildman–Crippen MR) is 138 cm³/mol. The summed E-state index contributed by atoms with van der Waals surface area (Å²) in [4.78, 5) is 20.3. The third-order valence-electron chi connectivity index (χ3n) is 7.27. The van der Waals surface area contributed by atoms with Gasteiger partial charge in [-0.1, -0.05) is 36.6 Å². The molecule has 6 rings (SSSR count). The van der Waals surface area contributed by atoms with Crippen molar-refractivity contribution in [3.05, 3.63) is 59.4 Å². The summed E-state index contributed by atoms with van der Waals surface area (Å²) in [6.45, 7) is 4.88. The maximum absolute atomic E-state index is 12.9. The molecule has 4 aromatic rings. The molecule has 4 heterocycles. The Balaban J connectivity index is 1.54. The van der Waals surface area contributed by atoms with Crippen molar-refractivity contribution in [2.75, 3.05) is 38.3 Å². The molecule has 0 atom stereocenters. The molecule has 186 valence electrons. The first-order valence-corrected chi connectivity index (χ1v) is 12.7. The average molecular weight is 486 g/mol. The second-order valence-corrected chi connectivity index (χ2v) is 9.65. The second kappa shape index (κ2) is 9.39. The average Bonchev–Trinajstić information content (AvgIpc) is 3.67. The molecular weight excluding hydrogens is 454 g/mol. The lowest BCUT2D eigenvalue weighted by Gasteiger charge is -2.29. The van der Waals surface area contributed by atoms with E-state index in [9.17, 15) is 4.79 Å². The largest absolute Gasteiger partial charge is 0.378 e. The molecule has 2 fully saturated rings. The van der Waals surface area contributed by atoms with Crippen molar-refractivity contribution in [2.45, 2.75) is 38.5 Å². The molecule has 1 aliphatic carbocycles. The van der Waals surface area contributed by atoms with Gasteiger partial charge in [-0.3, -0.25) is 4.79 Å².